The lowest BCUT2D eigenvalue weighted by atomic mass is 10.2. The summed E-state index contributed by atoms with van der Waals surface area (Å²) in [5.41, 5.74) is 0. The van der Waals surface area contributed by atoms with Crippen molar-refractivity contribution in [1.29, 1.82) is 0 Å². The van der Waals surface area contributed by atoms with Crippen molar-refractivity contribution in [2.24, 2.45) is 0 Å². The molecule has 1 heterocycles. The quantitative estimate of drug-likeness (QED) is 0.900. The molecule has 2 atom stereocenters. The van der Waals surface area contributed by atoms with Gasteiger partial charge in [-0.05, 0) is 24.6 Å². The van der Waals surface area contributed by atoms with E-state index in [2.05, 4.69) is 0 Å². The van der Waals surface area contributed by atoms with Gasteiger partial charge in [-0.1, -0.05) is 24.6 Å². The minimum atomic E-state index is -0.391. The summed E-state index contributed by atoms with van der Waals surface area (Å²) in [6.07, 6.45) is 0.313. The third-order valence-corrected chi connectivity index (χ3v) is 3.42. The Balaban J connectivity index is 1.82. The lowest BCUT2D eigenvalue weighted by molar-refractivity contribution is -0.103. The maximum Gasteiger partial charge on any atom is 0.120 e. The number of hydrogen-bond donors (Lipinski definition) is 1. The van der Waals surface area contributed by atoms with Crippen LogP contribution in [0.1, 0.15) is 13.3 Å². The Kier molecular flexibility index (Phi) is 5.45. The molecule has 1 N–H and O–H groups in total. The fourth-order valence-electron chi connectivity index (χ4n) is 2.12. The molecule has 0 saturated carbocycles. The molecule has 1 aliphatic rings. The number of aliphatic hydroxyl groups excluding tert-OH is 1. The second-order valence-corrected chi connectivity index (χ2v) is 5.08. The zero-order chi connectivity index (χ0) is 13.7. The average molecular weight is 286 g/mol. The van der Waals surface area contributed by atoms with Crippen molar-refractivity contribution in [3.8, 4) is 5.75 Å². The third kappa shape index (κ3) is 4.35. The molecule has 0 radical (unpaired) electrons. The second-order valence-electron chi connectivity index (χ2n) is 4.64. The molecule has 1 saturated heterocycles. The van der Waals surface area contributed by atoms with Gasteiger partial charge >= 0.3 is 0 Å². The number of halogens is 1. The van der Waals surface area contributed by atoms with Crippen LogP contribution >= 0.6 is 11.6 Å². The minimum absolute atomic E-state index is 0.0195. The molecule has 2 rings (SSSR count). The van der Waals surface area contributed by atoms with E-state index < -0.39 is 6.23 Å². The lowest BCUT2D eigenvalue weighted by Gasteiger charge is -2.35. The Morgan fingerprint density at radius 1 is 1.58 bits per heavy atom. The van der Waals surface area contributed by atoms with Crippen LogP contribution in [0.25, 0.3) is 0 Å². The lowest BCUT2D eigenvalue weighted by Crippen LogP contribution is -2.49. The molecule has 4 nitrogen and oxygen atoms in total. The van der Waals surface area contributed by atoms with E-state index in [1.807, 2.05) is 30.0 Å². The predicted molar refractivity (Wildman–Crippen MR) is 74.6 cm³/mol. The van der Waals surface area contributed by atoms with Gasteiger partial charge in [-0.25, -0.2) is 0 Å². The average Bonchev–Trinajstić information content (AvgIpc) is 2.45. The molecule has 5 heteroatoms. The van der Waals surface area contributed by atoms with Gasteiger partial charge < -0.3 is 14.6 Å². The van der Waals surface area contributed by atoms with Crippen molar-refractivity contribution in [2.45, 2.75) is 25.7 Å². The van der Waals surface area contributed by atoms with Crippen LogP contribution in [0.4, 0.5) is 0 Å². The molecular weight excluding hydrogens is 266 g/mol. The van der Waals surface area contributed by atoms with E-state index >= 15 is 0 Å². The van der Waals surface area contributed by atoms with Crippen molar-refractivity contribution in [3.63, 3.8) is 0 Å². The maximum absolute atomic E-state index is 9.83. The van der Waals surface area contributed by atoms with E-state index in [0.717, 1.165) is 18.7 Å². The molecule has 0 spiro atoms. The molecule has 0 bridgehead atoms. The SMILES string of the molecule is CCC(O)N1CCOC(COc2cccc(Cl)c2)C1. The fourth-order valence-corrected chi connectivity index (χ4v) is 2.30. The predicted octanol–water partition coefficient (Wildman–Crippen LogP) is 2.15. The largest absolute Gasteiger partial charge is 0.491 e. The highest BCUT2D eigenvalue weighted by atomic mass is 35.5. The van der Waals surface area contributed by atoms with Crippen molar-refractivity contribution in [3.05, 3.63) is 29.3 Å². The van der Waals surface area contributed by atoms with E-state index in [9.17, 15) is 5.11 Å². The number of rotatable bonds is 5. The summed E-state index contributed by atoms with van der Waals surface area (Å²) in [5.74, 6) is 0.740. The Morgan fingerprint density at radius 3 is 3.16 bits per heavy atom. The number of hydrogen-bond acceptors (Lipinski definition) is 4. The smallest absolute Gasteiger partial charge is 0.120 e. The first-order chi connectivity index (χ1) is 9.19. The van der Waals surface area contributed by atoms with Crippen LogP contribution < -0.4 is 4.74 Å². The van der Waals surface area contributed by atoms with E-state index in [4.69, 9.17) is 21.1 Å². The maximum atomic E-state index is 9.83. The normalized spacial score (nSPS) is 22.2. The molecule has 1 aromatic rings. The van der Waals surface area contributed by atoms with Crippen LogP contribution in [-0.4, -0.2) is 48.6 Å². The van der Waals surface area contributed by atoms with Crippen LogP contribution in [-0.2, 0) is 4.74 Å². The third-order valence-electron chi connectivity index (χ3n) is 3.19. The zero-order valence-electron chi connectivity index (χ0n) is 11.1. The number of nitrogens with zero attached hydrogens (tertiary/aromatic N) is 1. The summed E-state index contributed by atoms with van der Waals surface area (Å²) in [6.45, 7) is 4.52. The molecule has 1 aliphatic heterocycles. The number of benzene rings is 1. The molecular formula is C14H20ClNO3. The first-order valence-corrected chi connectivity index (χ1v) is 6.99. The Bertz CT molecular complexity index is 402. The summed E-state index contributed by atoms with van der Waals surface area (Å²) < 4.78 is 11.3. The minimum Gasteiger partial charge on any atom is -0.491 e. The Labute approximate surface area is 118 Å². The topological polar surface area (TPSA) is 41.9 Å². The highest BCUT2D eigenvalue weighted by Crippen LogP contribution is 2.18. The summed E-state index contributed by atoms with van der Waals surface area (Å²) in [4.78, 5) is 2.02. The summed E-state index contributed by atoms with van der Waals surface area (Å²) >= 11 is 5.90. The standard InChI is InChI=1S/C14H20ClNO3/c1-2-14(17)16-6-7-18-13(9-16)10-19-12-5-3-4-11(15)8-12/h3-5,8,13-14,17H,2,6-7,9-10H2,1H3. The van der Waals surface area contributed by atoms with Crippen LogP contribution in [0.15, 0.2) is 24.3 Å². The van der Waals surface area contributed by atoms with Crippen molar-refractivity contribution in [1.82, 2.24) is 4.90 Å². The molecule has 0 amide bonds. The van der Waals surface area contributed by atoms with Gasteiger partial charge in [-0.15, -0.1) is 0 Å². The highest BCUT2D eigenvalue weighted by Gasteiger charge is 2.24. The Morgan fingerprint density at radius 2 is 2.42 bits per heavy atom. The Hall–Kier alpha value is -0.810. The van der Waals surface area contributed by atoms with E-state index in [1.165, 1.54) is 0 Å². The number of aliphatic hydroxyl groups is 1. The zero-order valence-corrected chi connectivity index (χ0v) is 11.8. The van der Waals surface area contributed by atoms with Gasteiger partial charge in [0.05, 0.1) is 6.61 Å². The number of morpholine rings is 1. The van der Waals surface area contributed by atoms with E-state index in [-0.39, 0.29) is 6.10 Å². The highest BCUT2D eigenvalue weighted by molar-refractivity contribution is 6.30. The van der Waals surface area contributed by atoms with Crippen molar-refractivity contribution < 1.29 is 14.6 Å². The first-order valence-electron chi connectivity index (χ1n) is 6.61. The first kappa shape index (κ1) is 14.6. The van der Waals surface area contributed by atoms with Crippen LogP contribution in [0, 0.1) is 0 Å². The number of ether oxygens (including phenoxy) is 2. The van der Waals surface area contributed by atoms with Gasteiger partial charge in [0, 0.05) is 18.1 Å². The van der Waals surface area contributed by atoms with Crippen molar-refractivity contribution in [2.75, 3.05) is 26.3 Å². The molecule has 1 aromatic carbocycles. The molecule has 106 valence electrons. The van der Waals surface area contributed by atoms with Crippen LogP contribution in [0.5, 0.6) is 5.75 Å². The van der Waals surface area contributed by atoms with Gasteiger partial charge in [0.15, 0.2) is 0 Å². The van der Waals surface area contributed by atoms with Gasteiger partial charge in [0.2, 0.25) is 0 Å². The molecule has 0 aromatic heterocycles. The monoisotopic (exact) mass is 285 g/mol. The van der Waals surface area contributed by atoms with E-state index in [1.54, 1.807) is 6.07 Å². The summed E-state index contributed by atoms with van der Waals surface area (Å²) in [5, 5.41) is 10.5. The summed E-state index contributed by atoms with van der Waals surface area (Å²) in [7, 11) is 0. The molecule has 1 fully saturated rings. The molecule has 2 unspecified atom stereocenters. The van der Waals surface area contributed by atoms with Crippen LogP contribution in [0.2, 0.25) is 5.02 Å². The van der Waals surface area contributed by atoms with Gasteiger partial charge in [0.1, 0.15) is 24.7 Å². The van der Waals surface area contributed by atoms with Crippen molar-refractivity contribution >= 4 is 11.6 Å². The van der Waals surface area contributed by atoms with Gasteiger partial charge in [0.25, 0.3) is 0 Å². The van der Waals surface area contributed by atoms with E-state index in [0.29, 0.717) is 24.8 Å². The summed E-state index contributed by atoms with van der Waals surface area (Å²) in [6, 6.07) is 7.31. The molecule has 19 heavy (non-hydrogen) atoms. The van der Waals surface area contributed by atoms with Gasteiger partial charge in [-0.2, -0.15) is 0 Å². The van der Waals surface area contributed by atoms with Crippen LogP contribution in [0.3, 0.4) is 0 Å². The van der Waals surface area contributed by atoms with Gasteiger partial charge in [-0.3, -0.25) is 4.90 Å². The fraction of sp³-hybridized carbons (Fsp3) is 0.571. The second kappa shape index (κ2) is 7.10. The molecule has 0 aliphatic carbocycles.